The molecule has 21 heavy (non-hydrogen) atoms. The summed E-state index contributed by atoms with van der Waals surface area (Å²) in [6.45, 7) is 2.94. The summed E-state index contributed by atoms with van der Waals surface area (Å²) in [5, 5.41) is 4.48. The highest BCUT2D eigenvalue weighted by Gasteiger charge is 2.16. The van der Waals surface area contributed by atoms with Crippen LogP contribution in [0.15, 0.2) is 36.7 Å². The first-order valence-corrected chi connectivity index (χ1v) is 7.64. The number of rotatable bonds is 6. The van der Waals surface area contributed by atoms with E-state index >= 15 is 0 Å². The van der Waals surface area contributed by atoms with Crippen molar-refractivity contribution in [1.29, 1.82) is 0 Å². The summed E-state index contributed by atoms with van der Waals surface area (Å²) in [6, 6.07) is 6.36. The molecule has 0 saturated heterocycles. The Morgan fingerprint density at radius 2 is 2.05 bits per heavy atom. The van der Waals surface area contributed by atoms with E-state index in [-0.39, 0.29) is 11.9 Å². The molecule has 0 saturated carbocycles. The number of nitrogens with one attached hydrogen (secondary N) is 1. The first kappa shape index (κ1) is 16.2. The Labute approximate surface area is 134 Å². The lowest BCUT2D eigenvalue weighted by atomic mass is 9.99. The lowest BCUT2D eigenvalue weighted by Gasteiger charge is -2.21. The Kier molecular flexibility index (Phi) is 5.97. The van der Waals surface area contributed by atoms with E-state index in [1.165, 1.54) is 12.1 Å². The highest BCUT2D eigenvalue weighted by atomic mass is 35.5. The van der Waals surface area contributed by atoms with Crippen LogP contribution in [0.5, 0.6) is 0 Å². The van der Waals surface area contributed by atoms with Crippen LogP contribution in [0.3, 0.4) is 0 Å². The minimum atomic E-state index is -0.333. The average Bonchev–Trinajstić information content (AvgIpc) is 2.46. The van der Waals surface area contributed by atoms with Gasteiger partial charge in [0, 0.05) is 23.5 Å². The van der Waals surface area contributed by atoms with Gasteiger partial charge in [-0.25, -0.2) is 4.39 Å². The highest BCUT2D eigenvalue weighted by Crippen LogP contribution is 2.28. The largest absolute Gasteiger partial charge is 0.310 e. The van der Waals surface area contributed by atoms with Gasteiger partial charge in [0.05, 0.1) is 5.02 Å². The first-order chi connectivity index (χ1) is 10.1. The van der Waals surface area contributed by atoms with Gasteiger partial charge in [-0.15, -0.1) is 0 Å². The van der Waals surface area contributed by atoms with Crippen LogP contribution in [0, 0.1) is 5.82 Å². The molecule has 2 nitrogen and oxygen atoms in total. The molecule has 0 radical (unpaired) electrons. The number of pyridine rings is 1. The zero-order valence-electron chi connectivity index (χ0n) is 11.7. The Bertz CT molecular complexity index is 605. The van der Waals surface area contributed by atoms with Gasteiger partial charge in [-0.05, 0) is 48.7 Å². The van der Waals surface area contributed by atoms with E-state index in [9.17, 15) is 4.39 Å². The fourth-order valence-electron chi connectivity index (χ4n) is 2.18. The summed E-state index contributed by atoms with van der Waals surface area (Å²) < 4.78 is 13.2. The number of aromatic nitrogens is 1. The topological polar surface area (TPSA) is 24.9 Å². The van der Waals surface area contributed by atoms with E-state index in [2.05, 4.69) is 17.2 Å². The first-order valence-electron chi connectivity index (χ1n) is 6.88. The van der Waals surface area contributed by atoms with Gasteiger partial charge >= 0.3 is 0 Å². The molecule has 2 aromatic rings. The molecule has 1 aromatic carbocycles. The predicted octanol–water partition coefficient (Wildman–Crippen LogP) is 4.81. The quantitative estimate of drug-likeness (QED) is 0.823. The predicted molar refractivity (Wildman–Crippen MR) is 85.4 cm³/mol. The second-order valence-corrected chi connectivity index (χ2v) is 5.66. The Hall–Kier alpha value is -1.16. The summed E-state index contributed by atoms with van der Waals surface area (Å²) in [7, 11) is 0. The van der Waals surface area contributed by atoms with Crippen LogP contribution in [0.4, 0.5) is 4.39 Å². The standard InChI is InChI=1S/C16H17Cl2FN2/c1-2-6-21-16(8-11-5-7-20-10-15(11)18)13-4-3-12(19)9-14(13)17/h3-5,7,9-10,16,21H,2,6,8H2,1H3. The normalized spacial score (nSPS) is 12.4. The zero-order valence-corrected chi connectivity index (χ0v) is 13.3. The molecule has 0 aliphatic heterocycles. The summed E-state index contributed by atoms with van der Waals surface area (Å²) in [4.78, 5) is 3.99. The van der Waals surface area contributed by atoms with Gasteiger partial charge in [0.15, 0.2) is 0 Å². The van der Waals surface area contributed by atoms with Crippen molar-refractivity contribution in [3.8, 4) is 0 Å². The molecule has 1 unspecified atom stereocenters. The molecule has 5 heteroatoms. The Morgan fingerprint density at radius 3 is 2.71 bits per heavy atom. The van der Waals surface area contributed by atoms with Crippen molar-refractivity contribution < 1.29 is 4.39 Å². The van der Waals surface area contributed by atoms with E-state index in [1.807, 2.05) is 6.07 Å². The maximum absolute atomic E-state index is 13.2. The fourth-order valence-corrected chi connectivity index (χ4v) is 2.68. The Morgan fingerprint density at radius 1 is 1.24 bits per heavy atom. The molecular formula is C16H17Cl2FN2. The highest BCUT2D eigenvalue weighted by molar-refractivity contribution is 6.31. The van der Waals surface area contributed by atoms with Crippen LogP contribution < -0.4 is 5.32 Å². The van der Waals surface area contributed by atoms with Crippen LogP contribution in [0.25, 0.3) is 0 Å². The lowest BCUT2D eigenvalue weighted by molar-refractivity contribution is 0.527. The number of hydrogen-bond acceptors (Lipinski definition) is 2. The van der Waals surface area contributed by atoms with Crippen LogP contribution in [0.2, 0.25) is 10.0 Å². The summed E-state index contributed by atoms with van der Waals surface area (Å²) in [5.74, 6) is -0.333. The van der Waals surface area contributed by atoms with E-state index < -0.39 is 0 Å². The smallest absolute Gasteiger partial charge is 0.124 e. The second-order valence-electron chi connectivity index (χ2n) is 4.84. The molecule has 1 heterocycles. The molecule has 112 valence electrons. The monoisotopic (exact) mass is 326 g/mol. The molecule has 1 atom stereocenters. The number of hydrogen-bond donors (Lipinski definition) is 1. The van der Waals surface area contributed by atoms with Crippen molar-refractivity contribution in [1.82, 2.24) is 10.3 Å². The number of nitrogens with zero attached hydrogens (tertiary/aromatic N) is 1. The number of benzene rings is 1. The van der Waals surface area contributed by atoms with Crippen LogP contribution >= 0.6 is 23.2 Å². The minimum absolute atomic E-state index is 0.0158. The molecule has 0 spiro atoms. The fraction of sp³-hybridized carbons (Fsp3) is 0.312. The summed E-state index contributed by atoms with van der Waals surface area (Å²) in [5.41, 5.74) is 1.86. The molecule has 2 rings (SSSR count). The van der Waals surface area contributed by atoms with E-state index in [1.54, 1.807) is 18.5 Å². The summed E-state index contributed by atoms with van der Waals surface area (Å²) in [6.07, 6.45) is 5.01. The molecule has 0 aliphatic rings. The third-order valence-corrected chi connectivity index (χ3v) is 3.93. The van der Waals surface area contributed by atoms with Crippen molar-refractivity contribution in [2.75, 3.05) is 6.54 Å². The van der Waals surface area contributed by atoms with Crippen molar-refractivity contribution in [3.05, 3.63) is 63.6 Å². The van der Waals surface area contributed by atoms with Crippen LogP contribution in [-0.4, -0.2) is 11.5 Å². The summed E-state index contributed by atoms with van der Waals surface area (Å²) >= 11 is 12.4. The Balaban J connectivity index is 2.27. The lowest BCUT2D eigenvalue weighted by Crippen LogP contribution is -2.24. The van der Waals surface area contributed by atoms with Crippen LogP contribution in [-0.2, 0) is 6.42 Å². The maximum atomic E-state index is 13.2. The minimum Gasteiger partial charge on any atom is -0.310 e. The van der Waals surface area contributed by atoms with Gasteiger partial charge in [-0.3, -0.25) is 4.98 Å². The van der Waals surface area contributed by atoms with E-state index in [4.69, 9.17) is 23.2 Å². The van der Waals surface area contributed by atoms with Gasteiger partial charge in [0.25, 0.3) is 0 Å². The molecule has 1 aromatic heterocycles. The average molecular weight is 327 g/mol. The third-order valence-electron chi connectivity index (χ3n) is 3.26. The molecule has 0 fully saturated rings. The second kappa shape index (κ2) is 7.74. The number of halogens is 3. The molecule has 0 bridgehead atoms. The van der Waals surface area contributed by atoms with Crippen molar-refractivity contribution in [3.63, 3.8) is 0 Å². The molecular weight excluding hydrogens is 310 g/mol. The van der Waals surface area contributed by atoms with Gasteiger partial charge in [-0.2, -0.15) is 0 Å². The van der Waals surface area contributed by atoms with E-state index in [0.29, 0.717) is 16.5 Å². The maximum Gasteiger partial charge on any atom is 0.124 e. The van der Waals surface area contributed by atoms with E-state index in [0.717, 1.165) is 24.1 Å². The van der Waals surface area contributed by atoms with Crippen molar-refractivity contribution in [2.45, 2.75) is 25.8 Å². The van der Waals surface area contributed by atoms with Gasteiger partial charge in [0.1, 0.15) is 5.82 Å². The zero-order chi connectivity index (χ0) is 15.2. The third kappa shape index (κ3) is 4.40. The SMILES string of the molecule is CCCNC(Cc1ccncc1Cl)c1ccc(F)cc1Cl. The van der Waals surface area contributed by atoms with Crippen molar-refractivity contribution in [2.24, 2.45) is 0 Å². The molecule has 0 aliphatic carbocycles. The van der Waals surface area contributed by atoms with Crippen LogP contribution in [0.1, 0.15) is 30.5 Å². The molecule has 1 N–H and O–H groups in total. The van der Waals surface area contributed by atoms with Crippen molar-refractivity contribution >= 4 is 23.2 Å². The van der Waals surface area contributed by atoms with Gasteiger partial charge < -0.3 is 5.32 Å². The van der Waals surface area contributed by atoms with Gasteiger partial charge in [0.2, 0.25) is 0 Å². The molecule has 0 amide bonds. The van der Waals surface area contributed by atoms with Gasteiger partial charge in [-0.1, -0.05) is 36.2 Å².